The quantitative estimate of drug-likeness (QED) is 0.901. The summed E-state index contributed by atoms with van der Waals surface area (Å²) in [5.74, 6) is 0.624. The van der Waals surface area contributed by atoms with Gasteiger partial charge in [-0.25, -0.2) is 0 Å². The molecular formula is C14H22N4O2. The zero-order valence-electron chi connectivity index (χ0n) is 12.7. The molecule has 0 aliphatic heterocycles. The van der Waals surface area contributed by atoms with Crippen molar-refractivity contribution in [2.24, 2.45) is 7.05 Å². The van der Waals surface area contributed by atoms with E-state index >= 15 is 0 Å². The predicted molar refractivity (Wildman–Crippen MR) is 75.8 cm³/mol. The van der Waals surface area contributed by atoms with Gasteiger partial charge in [0, 0.05) is 25.7 Å². The van der Waals surface area contributed by atoms with Gasteiger partial charge in [0.25, 0.3) is 0 Å². The number of rotatable bonds is 5. The minimum absolute atomic E-state index is 0.508. The molecule has 0 radical (unpaired) electrons. The van der Waals surface area contributed by atoms with Gasteiger partial charge < -0.3 is 9.84 Å². The molecule has 1 atom stereocenters. The minimum Gasteiger partial charge on any atom is -0.493 e. The van der Waals surface area contributed by atoms with Crippen LogP contribution in [0.5, 0.6) is 5.75 Å². The summed E-state index contributed by atoms with van der Waals surface area (Å²) < 4.78 is 8.90. The van der Waals surface area contributed by atoms with Crippen LogP contribution in [0.3, 0.4) is 0 Å². The zero-order valence-corrected chi connectivity index (χ0v) is 12.7. The third kappa shape index (κ3) is 2.43. The monoisotopic (exact) mass is 278 g/mol. The highest BCUT2D eigenvalue weighted by Gasteiger charge is 2.22. The topological polar surface area (TPSA) is 65.1 Å². The van der Waals surface area contributed by atoms with Gasteiger partial charge in [-0.2, -0.15) is 10.2 Å². The molecule has 2 aromatic heterocycles. The fourth-order valence-corrected chi connectivity index (χ4v) is 2.53. The van der Waals surface area contributed by atoms with E-state index in [1.165, 1.54) is 0 Å². The van der Waals surface area contributed by atoms with Gasteiger partial charge in [-0.05, 0) is 26.3 Å². The first-order chi connectivity index (χ1) is 9.49. The molecule has 2 rings (SSSR count). The minimum atomic E-state index is -0.658. The van der Waals surface area contributed by atoms with E-state index < -0.39 is 6.10 Å². The molecule has 0 aliphatic carbocycles. The number of ether oxygens (including phenoxy) is 1. The molecule has 2 heterocycles. The third-order valence-electron chi connectivity index (χ3n) is 3.74. The highest BCUT2D eigenvalue weighted by molar-refractivity contribution is 5.31. The molecule has 6 nitrogen and oxygen atoms in total. The Labute approximate surface area is 119 Å². The van der Waals surface area contributed by atoms with Gasteiger partial charge in [0.15, 0.2) is 5.75 Å². The molecule has 2 aromatic rings. The maximum Gasteiger partial charge on any atom is 0.162 e. The molecule has 0 fully saturated rings. The normalized spacial score (nSPS) is 12.7. The van der Waals surface area contributed by atoms with Crippen LogP contribution in [0.15, 0.2) is 6.20 Å². The third-order valence-corrected chi connectivity index (χ3v) is 3.74. The lowest BCUT2D eigenvalue weighted by Crippen LogP contribution is -2.12. The van der Waals surface area contributed by atoms with Gasteiger partial charge in [-0.1, -0.05) is 0 Å². The summed E-state index contributed by atoms with van der Waals surface area (Å²) in [6.07, 6.45) is 1.49. The van der Waals surface area contributed by atoms with E-state index in [9.17, 15) is 5.11 Å². The molecule has 0 spiro atoms. The summed E-state index contributed by atoms with van der Waals surface area (Å²) >= 11 is 0. The van der Waals surface area contributed by atoms with Crippen LogP contribution in [0, 0.1) is 13.8 Å². The lowest BCUT2D eigenvalue weighted by Gasteiger charge is -2.14. The van der Waals surface area contributed by atoms with Crippen LogP contribution in [0.4, 0.5) is 0 Å². The average molecular weight is 278 g/mol. The second kappa shape index (κ2) is 5.66. The Morgan fingerprint density at radius 2 is 2.10 bits per heavy atom. The molecule has 110 valence electrons. The van der Waals surface area contributed by atoms with Crippen LogP contribution in [-0.2, 0) is 20.0 Å². The number of aliphatic hydroxyl groups excluding tert-OH is 1. The molecule has 0 bridgehead atoms. The molecule has 20 heavy (non-hydrogen) atoms. The van der Waals surface area contributed by atoms with Crippen molar-refractivity contribution in [1.29, 1.82) is 0 Å². The lowest BCUT2D eigenvalue weighted by molar-refractivity contribution is 0.162. The fourth-order valence-electron chi connectivity index (χ4n) is 2.53. The number of aryl methyl sites for hydroxylation is 3. The van der Waals surface area contributed by atoms with Gasteiger partial charge in [0.05, 0.1) is 19.0 Å². The Morgan fingerprint density at radius 1 is 1.40 bits per heavy atom. The van der Waals surface area contributed by atoms with Crippen molar-refractivity contribution < 1.29 is 9.84 Å². The Bertz CT molecular complexity index is 579. The van der Waals surface area contributed by atoms with Crippen molar-refractivity contribution in [3.8, 4) is 5.75 Å². The van der Waals surface area contributed by atoms with Crippen LogP contribution in [0.25, 0.3) is 0 Å². The average Bonchev–Trinajstić information content (AvgIpc) is 2.95. The van der Waals surface area contributed by atoms with Crippen molar-refractivity contribution in [3.05, 3.63) is 28.8 Å². The summed E-state index contributed by atoms with van der Waals surface area (Å²) in [5, 5.41) is 19.2. The van der Waals surface area contributed by atoms with E-state index in [-0.39, 0.29) is 0 Å². The molecular weight excluding hydrogens is 256 g/mol. The van der Waals surface area contributed by atoms with Crippen molar-refractivity contribution in [1.82, 2.24) is 19.6 Å². The first-order valence-corrected chi connectivity index (χ1v) is 6.76. The maximum atomic E-state index is 10.6. The van der Waals surface area contributed by atoms with E-state index in [1.807, 2.05) is 32.5 Å². The maximum absolute atomic E-state index is 10.6. The van der Waals surface area contributed by atoms with Crippen molar-refractivity contribution >= 4 is 0 Å². The molecule has 0 saturated heterocycles. The smallest absolute Gasteiger partial charge is 0.162 e. The zero-order chi connectivity index (χ0) is 14.9. The van der Waals surface area contributed by atoms with Gasteiger partial charge in [0.2, 0.25) is 0 Å². The first-order valence-electron chi connectivity index (χ1n) is 6.76. The second-order valence-corrected chi connectivity index (χ2v) is 4.91. The Hall–Kier alpha value is -1.82. The number of methoxy groups -OCH3 is 1. The number of hydrogen-bond acceptors (Lipinski definition) is 4. The Kier molecular flexibility index (Phi) is 4.13. The second-order valence-electron chi connectivity index (χ2n) is 4.91. The summed E-state index contributed by atoms with van der Waals surface area (Å²) in [5.41, 5.74) is 3.82. The number of aliphatic hydroxyl groups is 1. The van der Waals surface area contributed by atoms with Crippen molar-refractivity contribution in [2.45, 2.75) is 39.8 Å². The molecule has 6 heteroatoms. The molecule has 0 aliphatic rings. The molecule has 0 aromatic carbocycles. The number of aromatic nitrogens is 4. The Morgan fingerprint density at radius 3 is 2.60 bits per heavy atom. The van der Waals surface area contributed by atoms with E-state index in [0.717, 1.165) is 22.6 Å². The van der Waals surface area contributed by atoms with E-state index in [2.05, 4.69) is 10.2 Å². The van der Waals surface area contributed by atoms with Crippen molar-refractivity contribution in [2.75, 3.05) is 7.11 Å². The molecule has 1 N–H and O–H groups in total. The van der Waals surface area contributed by atoms with E-state index in [4.69, 9.17) is 4.74 Å². The van der Waals surface area contributed by atoms with Gasteiger partial charge in [-0.15, -0.1) is 0 Å². The highest BCUT2D eigenvalue weighted by Crippen LogP contribution is 2.29. The van der Waals surface area contributed by atoms with Crippen LogP contribution in [0.1, 0.15) is 35.7 Å². The SMILES string of the molecule is CCn1ncc(OC)c1C(O)Cc1c(C)nn(C)c1C. The number of hydrogen-bond donors (Lipinski definition) is 1. The molecule has 1 unspecified atom stereocenters. The molecule has 0 saturated carbocycles. The first kappa shape index (κ1) is 14.6. The Balaban J connectivity index is 2.32. The lowest BCUT2D eigenvalue weighted by atomic mass is 10.0. The summed E-state index contributed by atoms with van der Waals surface area (Å²) in [6, 6.07) is 0. The van der Waals surface area contributed by atoms with Crippen LogP contribution in [-0.4, -0.2) is 31.8 Å². The van der Waals surface area contributed by atoms with Crippen LogP contribution in [0.2, 0.25) is 0 Å². The van der Waals surface area contributed by atoms with Crippen LogP contribution >= 0.6 is 0 Å². The molecule has 0 amide bonds. The standard InChI is InChI=1S/C14H22N4O2/c1-6-18-14(13(20-5)8-15-18)12(19)7-11-9(2)16-17(4)10(11)3/h8,12,19H,6-7H2,1-5H3. The highest BCUT2D eigenvalue weighted by atomic mass is 16.5. The van der Waals surface area contributed by atoms with Crippen LogP contribution < -0.4 is 4.74 Å². The summed E-state index contributed by atoms with van der Waals surface area (Å²) in [4.78, 5) is 0. The van der Waals surface area contributed by atoms with E-state index in [1.54, 1.807) is 18.0 Å². The van der Waals surface area contributed by atoms with Crippen molar-refractivity contribution in [3.63, 3.8) is 0 Å². The summed E-state index contributed by atoms with van der Waals surface area (Å²) in [7, 11) is 3.50. The predicted octanol–water partition coefficient (Wildman–Crippen LogP) is 1.54. The van der Waals surface area contributed by atoms with E-state index in [0.29, 0.717) is 18.7 Å². The fraction of sp³-hybridized carbons (Fsp3) is 0.571. The van der Waals surface area contributed by atoms with Gasteiger partial charge in [0.1, 0.15) is 11.8 Å². The number of nitrogens with zero attached hydrogens (tertiary/aromatic N) is 4. The largest absolute Gasteiger partial charge is 0.493 e. The van der Waals surface area contributed by atoms with Gasteiger partial charge in [-0.3, -0.25) is 9.36 Å². The van der Waals surface area contributed by atoms with Gasteiger partial charge >= 0.3 is 0 Å². The summed E-state index contributed by atoms with van der Waals surface area (Å²) in [6.45, 7) is 6.66.